The molecule has 5 rings (SSSR count). The average molecular weight is 492 g/mol. The van der Waals surface area contributed by atoms with Gasteiger partial charge in [0.2, 0.25) is 0 Å². The molecule has 0 saturated carbocycles. The summed E-state index contributed by atoms with van der Waals surface area (Å²) >= 11 is 0. The average Bonchev–Trinajstić information content (AvgIpc) is 3.20. The molecule has 2 heterocycles. The van der Waals surface area contributed by atoms with E-state index in [9.17, 15) is 4.79 Å². The van der Waals surface area contributed by atoms with Crippen molar-refractivity contribution in [2.24, 2.45) is 5.41 Å². The van der Waals surface area contributed by atoms with Gasteiger partial charge in [0.15, 0.2) is 0 Å². The zero-order valence-electron chi connectivity index (χ0n) is 22.1. The fourth-order valence-corrected chi connectivity index (χ4v) is 5.25. The monoisotopic (exact) mass is 491 g/mol. The summed E-state index contributed by atoms with van der Waals surface area (Å²) in [7, 11) is 0. The molecular formula is C32H33N3O2. The Labute approximate surface area is 218 Å². The maximum absolute atomic E-state index is 13.0. The number of rotatable bonds is 6. The van der Waals surface area contributed by atoms with Crippen LogP contribution in [0.15, 0.2) is 91.1 Å². The van der Waals surface area contributed by atoms with Crippen molar-refractivity contribution in [1.29, 1.82) is 0 Å². The second-order valence-electron chi connectivity index (χ2n) is 11.4. The summed E-state index contributed by atoms with van der Waals surface area (Å²) in [4.78, 5) is 17.9. The van der Waals surface area contributed by atoms with Crippen LogP contribution in [0.25, 0.3) is 27.7 Å². The molecule has 1 N–H and O–H groups in total. The highest BCUT2D eigenvalue weighted by molar-refractivity contribution is 6.05. The molecule has 37 heavy (non-hydrogen) atoms. The van der Waals surface area contributed by atoms with E-state index in [-0.39, 0.29) is 16.9 Å². The second-order valence-corrected chi connectivity index (χ2v) is 11.4. The van der Waals surface area contributed by atoms with E-state index in [2.05, 4.69) is 44.3 Å². The van der Waals surface area contributed by atoms with Crippen molar-refractivity contribution in [2.45, 2.75) is 46.6 Å². The van der Waals surface area contributed by atoms with E-state index in [1.807, 2.05) is 85.1 Å². The highest BCUT2D eigenvalue weighted by Gasteiger charge is 2.28. The minimum Gasteiger partial charge on any atom is -0.423 e. The quantitative estimate of drug-likeness (QED) is 0.193. The third kappa shape index (κ3) is 5.36. The minimum absolute atomic E-state index is 0.146. The summed E-state index contributed by atoms with van der Waals surface area (Å²) in [5.41, 5.74) is 3.26. The fourth-order valence-electron chi connectivity index (χ4n) is 5.25. The molecule has 3 aromatic carbocycles. The molecule has 0 atom stereocenters. The molecule has 0 unspecified atom stereocenters. The Morgan fingerprint density at radius 3 is 2.32 bits per heavy atom. The molecule has 0 aliphatic rings. The van der Waals surface area contributed by atoms with Gasteiger partial charge in [0.1, 0.15) is 22.9 Å². The molecule has 5 heteroatoms. The Morgan fingerprint density at radius 1 is 0.865 bits per heavy atom. The standard InChI is InChI=1S/C32H33N3O2/c1-31(2,3)21-32(4,5)34-29-28(33-27-15-8-9-20-35(27)29)23-16-18-24(19-17-23)37-30(36)26-14-10-12-22-11-6-7-13-25(22)26/h6-20,34H,21H2,1-5H3. The summed E-state index contributed by atoms with van der Waals surface area (Å²) in [5.74, 6) is 1.07. The largest absolute Gasteiger partial charge is 0.423 e. The topological polar surface area (TPSA) is 55.6 Å². The molecule has 5 nitrogen and oxygen atoms in total. The number of pyridine rings is 1. The van der Waals surface area contributed by atoms with Crippen molar-refractivity contribution >= 4 is 28.2 Å². The van der Waals surface area contributed by atoms with Crippen LogP contribution in [0.3, 0.4) is 0 Å². The van der Waals surface area contributed by atoms with Crippen molar-refractivity contribution in [3.8, 4) is 17.0 Å². The van der Waals surface area contributed by atoms with E-state index in [0.717, 1.165) is 39.9 Å². The van der Waals surface area contributed by atoms with E-state index in [1.165, 1.54) is 0 Å². The molecule has 188 valence electrons. The first kappa shape index (κ1) is 24.6. The fraction of sp³-hybridized carbons (Fsp3) is 0.250. The lowest BCUT2D eigenvalue weighted by Crippen LogP contribution is -2.36. The smallest absolute Gasteiger partial charge is 0.344 e. The molecule has 0 radical (unpaired) electrons. The molecule has 2 aromatic heterocycles. The number of hydrogen-bond acceptors (Lipinski definition) is 4. The van der Waals surface area contributed by atoms with Crippen LogP contribution in [0.1, 0.15) is 51.4 Å². The van der Waals surface area contributed by atoms with Gasteiger partial charge < -0.3 is 10.1 Å². The second kappa shape index (κ2) is 9.40. The third-order valence-corrected chi connectivity index (χ3v) is 6.31. The number of esters is 1. The van der Waals surface area contributed by atoms with Gasteiger partial charge in [-0.05, 0) is 78.9 Å². The van der Waals surface area contributed by atoms with Gasteiger partial charge >= 0.3 is 5.97 Å². The van der Waals surface area contributed by atoms with Gasteiger partial charge in [-0.25, -0.2) is 9.78 Å². The Hall–Kier alpha value is -4.12. The van der Waals surface area contributed by atoms with Gasteiger partial charge in [-0.1, -0.05) is 63.2 Å². The molecular weight excluding hydrogens is 458 g/mol. The van der Waals surface area contributed by atoms with Gasteiger partial charge in [0, 0.05) is 17.3 Å². The van der Waals surface area contributed by atoms with Crippen LogP contribution in [0.2, 0.25) is 0 Å². The lowest BCUT2D eigenvalue weighted by Gasteiger charge is -2.34. The normalized spacial score (nSPS) is 12.1. The molecule has 0 spiro atoms. The molecule has 0 bridgehead atoms. The number of imidazole rings is 1. The van der Waals surface area contributed by atoms with Crippen LogP contribution in [0.4, 0.5) is 5.82 Å². The van der Waals surface area contributed by atoms with E-state index in [1.54, 1.807) is 6.07 Å². The van der Waals surface area contributed by atoms with Crippen LogP contribution in [-0.2, 0) is 0 Å². The van der Waals surface area contributed by atoms with Crippen LogP contribution in [0, 0.1) is 5.41 Å². The van der Waals surface area contributed by atoms with Crippen LogP contribution in [-0.4, -0.2) is 20.9 Å². The number of hydrogen-bond donors (Lipinski definition) is 1. The zero-order chi connectivity index (χ0) is 26.2. The third-order valence-electron chi connectivity index (χ3n) is 6.31. The molecule has 0 aliphatic carbocycles. The lowest BCUT2D eigenvalue weighted by molar-refractivity contribution is 0.0737. The molecule has 0 fully saturated rings. The van der Waals surface area contributed by atoms with Crippen LogP contribution >= 0.6 is 0 Å². The number of ether oxygens (including phenoxy) is 1. The van der Waals surface area contributed by atoms with Crippen molar-refractivity contribution in [1.82, 2.24) is 9.38 Å². The molecule has 5 aromatic rings. The SMILES string of the molecule is CC(C)(C)CC(C)(C)Nc1c(-c2ccc(OC(=O)c3cccc4ccccc34)cc2)nc2ccccn12. The van der Waals surface area contributed by atoms with Crippen LogP contribution < -0.4 is 10.1 Å². The summed E-state index contributed by atoms with van der Waals surface area (Å²) in [6.45, 7) is 11.2. The first-order valence-corrected chi connectivity index (χ1v) is 12.7. The van der Waals surface area contributed by atoms with E-state index in [4.69, 9.17) is 9.72 Å². The Bertz CT molecular complexity index is 1570. The Balaban J connectivity index is 1.44. The predicted molar refractivity (Wildman–Crippen MR) is 151 cm³/mol. The van der Waals surface area contributed by atoms with E-state index < -0.39 is 0 Å². The zero-order valence-corrected chi connectivity index (χ0v) is 22.1. The summed E-state index contributed by atoms with van der Waals surface area (Å²) < 4.78 is 7.84. The van der Waals surface area contributed by atoms with Gasteiger partial charge in [-0.2, -0.15) is 0 Å². The van der Waals surface area contributed by atoms with Crippen molar-refractivity contribution < 1.29 is 9.53 Å². The summed E-state index contributed by atoms with van der Waals surface area (Å²) in [6, 6.07) is 27.0. The highest BCUT2D eigenvalue weighted by atomic mass is 16.5. The molecule has 0 amide bonds. The van der Waals surface area contributed by atoms with E-state index in [0.29, 0.717) is 11.3 Å². The Kier molecular flexibility index (Phi) is 6.24. The predicted octanol–water partition coefficient (Wildman–Crippen LogP) is 8.00. The molecule has 0 saturated heterocycles. The van der Waals surface area contributed by atoms with Gasteiger partial charge in [0.05, 0.1) is 5.56 Å². The van der Waals surface area contributed by atoms with Crippen molar-refractivity contribution in [3.63, 3.8) is 0 Å². The van der Waals surface area contributed by atoms with Gasteiger partial charge in [-0.3, -0.25) is 4.40 Å². The van der Waals surface area contributed by atoms with Crippen molar-refractivity contribution in [2.75, 3.05) is 5.32 Å². The number of nitrogens with one attached hydrogen (secondary N) is 1. The number of carbonyl (C=O) groups excluding carboxylic acids is 1. The maximum Gasteiger partial charge on any atom is 0.344 e. The first-order valence-electron chi connectivity index (χ1n) is 12.7. The van der Waals surface area contributed by atoms with Crippen molar-refractivity contribution in [3.05, 3.63) is 96.7 Å². The maximum atomic E-state index is 13.0. The first-order chi connectivity index (χ1) is 17.6. The number of benzene rings is 3. The Morgan fingerprint density at radius 2 is 1.57 bits per heavy atom. The summed E-state index contributed by atoms with van der Waals surface area (Å²) in [6.07, 6.45) is 3.02. The number of aromatic nitrogens is 2. The van der Waals surface area contributed by atoms with E-state index >= 15 is 0 Å². The van der Waals surface area contributed by atoms with Gasteiger partial charge in [-0.15, -0.1) is 0 Å². The van der Waals surface area contributed by atoms with Crippen LogP contribution in [0.5, 0.6) is 5.75 Å². The minimum atomic E-state index is -0.372. The highest BCUT2D eigenvalue weighted by Crippen LogP contribution is 2.35. The lowest BCUT2D eigenvalue weighted by atomic mass is 9.82. The summed E-state index contributed by atoms with van der Waals surface area (Å²) in [5, 5.41) is 5.65. The number of fused-ring (bicyclic) bond motifs is 2. The number of anilines is 1. The number of nitrogens with zero attached hydrogens (tertiary/aromatic N) is 2. The number of carbonyl (C=O) groups is 1. The van der Waals surface area contributed by atoms with Gasteiger partial charge in [0.25, 0.3) is 0 Å². The molecule has 0 aliphatic heterocycles.